The fourth-order valence-electron chi connectivity index (χ4n) is 2.13. The lowest BCUT2D eigenvalue weighted by Gasteiger charge is -2.25. The van der Waals surface area contributed by atoms with E-state index in [4.69, 9.17) is 0 Å². The van der Waals surface area contributed by atoms with Gasteiger partial charge in [-0.05, 0) is 29.5 Å². The van der Waals surface area contributed by atoms with Gasteiger partial charge in [-0.1, -0.05) is 25.1 Å². The summed E-state index contributed by atoms with van der Waals surface area (Å²) in [4.78, 5) is 0. The lowest BCUT2D eigenvalue weighted by molar-refractivity contribution is 0.568. The predicted octanol–water partition coefficient (Wildman–Crippen LogP) is 2.20. The van der Waals surface area contributed by atoms with Gasteiger partial charge in [-0.25, -0.2) is 0 Å². The molecule has 1 aromatic rings. The summed E-state index contributed by atoms with van der Waals surface area (Å²) in [6, 6.07) is 6.58. The van der Waals surface area contributed by atoms with Crippen LogP contribution in [-0.2, 0) is 6.54 Å². The Morgan fingerprint density at radius 3 is 3.00 bits per heavy atom. The normalized spacial score (nSPS) is 22.0. The molecule has 1 N–H and O–H groups in total. The Kier molecular flexibility index (Phi) is 1.89. The number of hydrogen-bond acceptors (Lipinski definition) is 1. The maximum absolute atomic E-state index is 3.42. The molecule has 1 aliphatic rings. The van der Waals surface area contributed by atoms with Crippen LogP contribution in [0.25, 0.3) is 0 Å². The van der Waals surface area contributed by atoms with Gasteiger partial charge in [0, 0.05) is 13.1 Å². The van der Waals surface area contributed by atoms with E-state index in [1.54, 1.807) is 5.56 Å². The highest BCUT2D eigenvalue weighted by atomic mass is 14.9. The van der Waals surface area contributed by atoms with E-state index in [2.05, 4.69) is 37.4 Å². The van der Waals surface area contributed by atoms with Gasteiger partial charge in [-0.15, -0.1) is 0 Å². The first-order valence-electron chi connectivity index (χ1n) is 4.58. The Labute approximate surface area is 73.8 Å². The molecule has 1 heteroatoms. The quantitative estimate of drug-likeness (QED) is 0.615. The van der Waals surface area contributed by atoms with E-state index in [0.717, 1.165) is 13.1 Å². The van der Waals surface area contributed by atoms with Crippen molar-refractivity contribution in [1.82, 2.24) is 5.32 Å². The van der Waals surface area contributed by atoms with Crippen LogP contribution in [0.2, 0.25) is 0 Å². The largest absolute Gasteiger partial charge is 0.312 e. The zero-order chi connectivity index (χ0) is 8.55. The minimum Gasteiger partial charge on any atom is -0.312 e. The number of hydrogen-bond donors (Lipinski definition) is 1. The molecule has 1 heterocycles. The highest BCUT2D eigenvalue weighted by Gasteiger charge is 2.16. The first-order chi connectivity index (χ1) is 5.79. The Morgan fingerprint density at radius 1 is 1.42 bits per heavy atom. The maximum Gasteiger partial charge on any atom is 0.0208 e. The summed E-state index contributed by atoms with van der Waals surface area (Å²) in [5.41, 5.74) is 4.49. The third-order valence-corrected chi connectivity index (χ3v) is 2.67. The van der Waals surface area contributed by atoms with Crippen LogP contribution in [-0.4, -0.2) is 6.54 Å². The van der Waals surface area contributed by atoms with Crippen molar-refractivity contribution in [3.05, 3.63) is 34.9 Å². The summed E-state index contributed by atoms with van der Waals surface area (Å²) in [5, 5.41) is 3.42. The molecule has 0 spiro atoms. The molecular weight excluding hydrogens is 146 g/mol. The van der Waals surface area contributed by atoms with Crippen LogP contribution in [0.3, 0.4) is 0 Å². The van der Waals surface area contributed by atoms with Crippen molar-refractivity contribution < 1.29 is 0 Å². The van der Waals surface area contributed by atoms with E-state index in [-0.39, 0.29) is 0 Å². The lowest BCUT2D eigenvalue weighted by Crippen LogP contribution is -2.27. The molecule has 1 unspecified atom stereocenters. The first-order valence-corrected chi connectivity index (χ1v) is 4.58. The number of benzene rings is 1. The molecule has 0 saturated carbocycles. The van der Waals surface area contributed by atoms with Gasteiger partial charge in [0.2, 0.25) is 0 Å². The van der Waals surface area contributed by atoms with Crippen LogP contribution >= 0.6 is 0 Å². The average Bonchev–Trinajstić information content (AvgIpc) is 2.04. The molecule has 0 amide bonds. The molecule has 0 saturated heterocycles. The second-order valence-corrected chi connectivity index (χ2v) is 3.68. The zero-order valence-corrected chi connectivity index (χ0v) is 7.72. The number of fused-ring (bicyclic) bond motifs is 1. The summed E-state index contributed by atoms with van der Waals surface area (Å²) in [6.45, 7) is 6.66. The molecule has 2 rings (SSSR count). The maximum atomic E-state index is 3.42. The molecule has 0 bridgehead atoms. The Morgan fingerprint density at radius 2 is 2.25 bits per heavy atom. The molecule has 64 valence electrons. The molecule has 1 aromatic carbocycles. The minimum atomic E-state index is 0.676. The fraction of sp³-hybridized carbons (Fsp3) is 0.455. The number of aryl methyl sites for hydroxylation is 1. The Hall–Kier alpha value is -0.820. The van der Waals surface area contributed by atoms with E-state index >= 15 is 0 Å². The van der Waals surface area contributed by atoms with E-state index in [9.17, 15) is 0 Å². The molecule has 0 aromatic heterocycles. The molecule has 1 aliphatic heterocycles. The van der Waals surface area contributed by atoms with Crippen molar-refractivity contribution in [2.75, 3.05) is 6.54 Å². The summed E-state index contributed by atoms with van der Waals surface area (Å²) in [6.07, 6.45) is 0. The third-order valence-electron chi connectivity index (χ3n) is 2.67. The van der Waals surface area contributed by atoms with Crippen LogP contribution in [0.1, 0.15) is 29.5 Å². The van der Waals surface area contributed by atoms with E-state index < -0.39 is 0 Å². The van der Waals surface area contributed by atoms with Gasteiger partial charge in [0.05, 0.1) is 0 Å². The van der Waals surface area contributed by atoms with Gasteiger partial charge in [0.25, 0.3) is 0 Å². The van der Waals surface area contributed by atoms with Gasteiger partial charge in [-0.2, -0.15) is 0 Å². The number of nitrogens with one attached hydrogen (secondary N) is 1. The fourth-order valence-corrected chi connectivity index (χ4v) is 2.13. The van der Waals surface area contributed by atoms with Crippen LogP contribution < -0.4 is 5.32 Å². The molecule has 1 atom stereocenters. The molecule has 0 fully saturated rings. The monoisotopic (exact) mass is 161 g/mol. The van der Waals surface area contributed by atoms with Crippen molar-refractivity contribution in [3.63, 3.8) is 0 Å². The minimum absolute atomic E-state index is 0.676. The summed E-state index contributed by atoms with van der Waals surface area (Å²) in [7, 11) is 0. The summed E-state index contributed by atoms with van der Waals surface area (Å²) >= 11 is 0. The SMILES string of the molecule is Cc1cccc2c1C(C)CNC2. The molecular formula is C11H15N. The van der Waals surface area contributed by atoms with Crippen LogP contribution in [0, 0.1) is 6.92 Å². The van der Waals surface area contributed by atoms with E-state index in [0.29, 0.717) is 5.92 Å². The second kappa shape index (κ2) is 2.91. The smallest absolute Gasteiger partial charge is 0.0208 e. The van der Waals surface area contributed by atoms with Gasteiger partial charge < -0.3 is 5.32 Å². The molecule has 0 aliphatic carbocycles. The van der Waals surface area contributed by atoms with E-state index in [1.165, 1.54) is 11.1 Å². The van der Waals surface area contributed by atoms with Crippen molar-refractivity contribution in [1.29, 1.82) is 0 Å². The van der Waals surface area contributed by atoms with Crippen molar-refractivity contribution in [2.24, 2.45) is 0 Å². The Bertz CT molecular complexity index is 291. The average molecular weight is 161 g/mol. The zero-order valence-electron chi connectivity index (χ0n) is 7.72. The summed E-state index contributed by atoms with van der Waals surface area (Å²) < 4.78 is 0. The third kappa shape index (κ3) is 1.14. The second-order valence-electron chi connectivity index (χ2n) is 3.68. The van der Waals surface area contributed by atoms with Gasteiger partial charge in [0.15, 0.2) is 0 Å². The van der Waals surface area contributed by atoms with E-state index in [1.807, 2.05) is 0 Å². The predicted molar refractivity (Wildman–Crippen MR) is 51.3 cm³/mol. The van der Waals surface area contributed by atoms with Crippen LogP contribution in [0.5, 0.6) is 0 Å². The standard InChI is InChI=1S/C11H15N/c1-8-4-3-5-10-7-12-6-9(2)11(8)10/h3-5,9,12H,6-7H2,1-2H3. The van der Waals surface area contributed by atoms with Crippen LogP contribution in [0.15, 0.2) is 18.2 Å². The highest BCUT2D eigenvalue weighted by Crippen LogP contribution is 2.26. The van der Waals surface area contributed by atoms with Crippen molar-refractivity contribution in [2.45, 2.75) is 26.3 Å². The lowest BCUT2D eigenvalue weighted by atomic mass is 9.89. The van der Waals surface area contributed by atoms with Gasteiger partial charge in [-0.3, -0.25) is 0 Å². The molecule has 12 heavy (non-hydrogen) atoms. The first kappa shape index (κ1) is 7.81. The number of rotatable bonds is 0. The van der Waals surface area contributed by atoms with Crippen LogP contribution in [0.4, 0.5) is 0 Å². The Balaban J connectivity index is 2.53. The molecule has 0 radical (unpaired) electrons. The highest BCUT2D eigenvalue weighted by molar-refractivity contribution is 5.38. The van der Waals surface area contributed by atoms with Gasteiger partial charge in [0.1, 0.15) is 0 Å². The topological polar surface area (TPSA) is 12.0 Å². The molecule has 1 nitrogen and oxygen atoms in total. The van der Waals surface area contributed by atoms with Gasteiger partial charge >= 0.3 is 0 Å². The van der Waals surface area contributed by atoms with Crippen molar-refractivity contribution >= 4 is 0 Å². The van der Waals surface area contributed by atoms with Crippen molar-refractivity contribution in [3.8, 4) is 0 Å². The summed E-state index contributed by atoms with van der Waals surface area (Å²) in [5.74, 6) is 0.676.